The fourth-order valence-corrected chi connectivity index (χ4v) is 6.09. The smallest absolute Gasteiger partial charge is 0.226 e. The Balaban J connectivity index is 1.60. The minimum atomic E-state index is -3.79. The molecule has 2 aromatic carbocycles. The van der Waals surface area contributed by atoms with E-state index in [-0.39, 0.29) is 14.3 Å². The molecular weight excluding hydrogens is 434 g/mol. The second kappa shape index (κ2) is 7.63. The maximum atomic E-state index is 12.8. The number of hydrogen-bond acceptors (Lipinski definition) is 7. The predicted octanol–water partition coefficient (Wildman–Crippen LogP) is 5.80. The standard InChI is InChI=1S/C19H14ClN3O2S3/c1-12-7-9-14(10-8-12)28(24,25)17-16(20)27-19(22-17)23-18-21-15(11-26-18)13-5-3-2-4-6-13/h2-11H,1H3,(H,21,22,23). The molecule has 2 aromatic heterocycles. The van der Waals surface area contributed by atoms with Gasteiger partial charge in [-0.3, -0.25) is 0 Å². The van der Waals surface area contributed by atoms with E-state index in [9.17, 15) is 8.42 Å². The lowest BCUT2D eigenvalue weighted by Gasteiger charge is -2.02. The van der Waals surface area contributed by atoms with Crippen molar-refractivity contribution in [3.05, 3.63) is 69.9 Å². The third kappa shape index (κ3) is 3.81. The molecule has 0 aliphatic rings. The van der Waals surface area contributed by atoms with Gasteiger partial charge in [-0.1, -0.05) is 71.0 Å². The zero-order valence-electron chi connectivity index (χ0n) is 14.6. The van der Waals surface area contributed by atoms with Crippen LogP contribution < -0.4 is 5.32 Å². The van der Waals surface area contributed by atoms with Crippen molar-refractivity contribution in [2.45, 2.75) is 16.8 Å². The number of aromatic nitrogens is 2. The van der Waals surface area contributed by atoms with Gasteiger partial charge in [0.2, 0.25) is 9.84 Å². The third-order valence-electron chi connectivity index (χ3n) is 3.93. The molecule has 4 rings (SSSR count). The Morgan fingerprint density at radius 1 is 0.964 bits per heavy atom. The van der Waals surface area contributed by atoms with Gasteiger partial charge in [0.05, 0.1) is 10.6 Å². The number of rotatable bonds is 5. The topological polar surface area (TPSA) is 72.0 Å². The molecule has 4 aromatic rings. The molecule has 0 atom stereocenters. The summed E-state index contributed by atoms with van der Waals surface area (Å²) in [7, 11) is -3.79. The molecule has 0 fully saturated rings. The van der Waals surface area contributed by atoms with Crippen LogP contribution in [-0.4, -0.2) is 18.4 Å². The normalized spacial score (nSPS) is 11.5. The summed E-state index contributed by atoms with van der Waals surface area (Å²) in [5.41, 5.74) is 2.82. The van der Waals surface area contributed by atoms with E-state index in [0.717, 1.165) is 28.2 Å². The number of hydrogen-bond donors (Lipinski definition) is 1. The lowest BCUT2D eigenvalue weighted by molar-refractivity contribution is 0.593. The fraction of sp³-hybridized carbons (Fsp3) is 0.0526. The molecule has 5 nitrogen and oxygen atoms in total. The van der Waals surface area contributed by atoms with E-state index in [1.54, 1.807) is 24.3 Å². The van der Waals surface area contributed by atoms with E-state index in [1.165, 1.54) is 11.3 Å². The van der Waals surface area contributed by atoms with Gasteiger partial charge in [0, 0.05) is 10.9 Å². The van der Waals surface area contributed by atoms with Crippen LogP contribution in [0, 0.1) is 6.92 Å². The maximum Gasteiger partial charge on any atom is 0.226 e. The summed E-state index contributed by atoms with van der Waals surface area (Å²) in [6.45, 7) is 1.89. The maximum absolute atomic E-state index is 12.8. The van der Waals surface area contributed by atoms with Gasteiger partial charge >= 0.3 is 0 Å². The van der Waals surface area contributed by atoms with Crippen LogP contribution in [0.15, 0.2) is 69.9 Å². The van der Waals surface area contributed by atoms with Gasteiger partial charge < -0.3 is 5.32 Å². The van der Waals surface area contributed by atoms with Crippen molar-refractivity contribution in [1.29, 1.82) is 0 Å². The first-order chi connectivity index (χ1) is 13.4. The van der Waals surface area contributed by atoms with Gasteiger partial charge in [0.1, 0.15) is 4.34 Å². The van der Waals surface area contributed by atoms with Crippen molar-refractivity contribution in [2.75, 3.05) is 5.32 Å². The molecule has 0 saturated heterocycles. The Kier molecular flexibility index (Phi) is 5.20. The minimum Gasteiger partial charge on any atom is -0.307 e. The highest BCUT2D eigenvalue weighted by Crippen LogP contribution is 2.36. The number of anilines is 2. The van der Waals surface area contributed by atoms with Gasteiger partial charge in [0.25, 0.3) is 0 Å². The molecule has 0 saturated carbocycles. The number of halogens is 1. The summed E-state index contributed by atoms with van der Waals surface area (Å²) in [5.74, 6) is 0. The molecule has 2 heterocycles. The summed E-state index contributed by atoms with van der Waals surface area (Å²) >= 11 is 8.68. The molecule has 28 heavy (non-hydrogen) atoms. The number of nitrogens with one attached hydrogen (secondary N) is 1. The van der Waals surface area contributed by atoms with E-state index in [4.69, 9.17) is 11.6 Å². The minimum absolute atomic E-state index is 0.114. The molecule has 1 N–H and O–H groups in total. The van der Waals surface area contributed by atoms with Gasteiger partial charge in [0.15, 0.2) is 15.3 Å². The number of aryl methyl sites for hydroxylation is 1. The molecule has 0 bridgehead atoms. The molecule has 0 aliphatic carbocycles. The van der Waals surface area contributed by atoms with Crippen LogP contribution in [0.1, 0.15) is 5.56 Å². The molecule has 0 radical (unpaired) electrons. The highest BCUT2D eigenvalue weighted by Gasteiger charge is 2.26. The molecule has 0 unspecified atom stereocenters. The Morgan fingerprint density at radius 3 is 2.39 bits per heavy atom. The molecule has 0 aliphatic heterocycles. The van der Waals surface area contributed by atoms with Gasteiger partial charge in [-0.05, 0) is 19.1 Å². The lowest BCUT2D eigenvalue weighted by atomic mass is 10.2. The van der Waals surface area contributed by atoms with Crippen molar-refractivity contribution < 1.29 is 8.42 Å². The summed E-state index contributed by atoms with van der Waals surface area (Å²) in [6.07, 6.45) is 0. The largest absolute Gasteiger partial charge is 0.307 e. The molecule has 0 amide bonds. The molecule has 142 valence electrons. The average molecular weight is 448 g/mol. The fourth-order valence-electron chi connectivity index (χ4n) is 2.50. The van der Waals surface area contributed by atoms with Gasteiger partial charge in [-0.15, -0.1) is 11.3 Å². The van der Waals surface area contributed by atoms with E-state index < -0.39 is 9.84 Å². The molecule has 9 heteroatoms. The summed E-state index contributed by atoms with van der Waals surface area (Å²) < 4.78 is 25.8. The van der Waals surface area contributed by atoms with Crippen LogP contribution in [0.4, 0.5) is 10.3 Å². The van der Waals surface area contributed by atoms with Gasteiger partial charge in [-0.25, -0.2) is 18.4 Å². The van der Waals surface area contributed by atoms with Crippen molar-refractivity contribution in [3.8, 4) is 11.3 Å². The Bertz CT molecular complexity index is 1220. The number of thiazole rings is 2. The Morgan fingerprint density at radius 2 is 1.68 bits per heavy atom. The first kappa shape index (κ1) is 19.1. The molecule has 0 spiro atoms. The zero-order valence-corrected chi connectivity index (χ0v) is 17.8. The van der Waals surface area contributed by atoms with E-state index in [0.29, 0.717) is 10.3 Å². The van der Waals surface area contributed by atoms with Crippen LogP contribution in [0.25, 0.3) is 11.3 Å². The first-order valence-corrected chi connectivity index (χ1v) is 11.8. The summed E-state index contributed by atoms with van der Waals surface area (Å²) in [6, 6.07) is 16.4. The monoisotopic (exact) mass is 447 g/mol. The second-order valence-electron chi connectivity index (χ2n) is 5.94. The summed E-state index contributed by atoms with van der Waals surface area (Å²) in [5, 5.41) is 5.83. The van der Waals surface area contributed by atoms with Crippen molar-refractivity contribution in [3.63, 3.8) is 0 Å². The zero-order chi connectivity index (χ0) is 19.7. The van der Waals surface area contributed by atoms with Crippen molar-refractivity contribution in [1.82, 2.24) is 9.97 Å². The van der Waals surface area contributed by atoms with E-state index >= 15 is 0 Å². The van der Waals surface area contributed by atoms with E-state index in [1.807, 2.05) is 42.6 Å². The van der Waals surface area contributed by atoms with Crippen LogP contribution in [0.5, 0.6) is 0 Å². The quantitative estimate of drug-likeness (QED) is 0.418. The second-order valence-corrected chi connectivity index (χ2v) is 10.3. The number of benzene rings is 2. The predicted molar refractivity (Wildman–Crippen MR) is 115 cm³/mol. The van der Waals surface area contributed by atoms with Gasteiger partial charge in [-0.2, -0.15) is 0 Å². The average Bonchev–Trinajstić information content (AvgIpc) is 3.30. The lowest BCUT2D eigenvalue weighted by Crippen LogP contribution is -2.03. The van der Waals surface area contributed by atoms with Crippen LogP contribution in [0.3, 0.4) is 0 Å². The summed E-state index contributed by atoms with van der Waals surface area (Å²) in [4.78, 5) is 8.90. The first-order valence-electron chi connectivity index (χ1n) is 8.19. The van der Waals surface area contributed by atoms with Crippen LogP contribution in [-0.2, 0) is 9.84 Å². The number of sulfone groups is 1. The number of nitrogens with zero attached hydrogens (tertiary/aromatic N) is 2. The Hall–Kier alpha value is -2.26. The van der Waals surface area contributed by atoms with E-state index in [2.05, 4.69) is 15.3 Å². The third-order valence-corrected chi connectivity index (χ3v) is 7.80. The highest BCUT2D eigenvalue weighted by molar-refractivity contribution is 7.91. The van der Waals surface area contributed by atoms with Crippen LogP contribution in [0.2, 0.25) is 4.34 Å². The highest BCUT2D eigenvalue weighted by atomic mass is 35.5. The SMILES string of the molecule is Cc1ccc(S(=O)(=O)c2nc(Nc3nc(-c4ccccc4)cs3)sc2Cl)cc1. The van der Waals surface area contributed by atoms with Crippen molar-refractivity contribution in [2.24, 2.45) is 0 Å². The Labute approximate surface area is 175 Å². The molecular formula is C19H14ClN3O2S3. The van der Waals surface area contributed by atoms with Crippen LogP contribution >= 0.6 is 34.3 Å². The van der Waals surface area contributed by atoms with Crippen molar-refractivity contribution >= 4 is 54.4 Å².